The summed E-state index contributed by atoms with van der Waals surface area (Å²) in [6.45, 7) is 9.29. The van der Waals surface area contributed by atoms with Crippen LogP contribution in [0.25, 0.3) is 21.8 Å². The fourth-order valence-corrected chi connectivity index (χ4v) is 4.90. The van der Waals surface area contributed by atoms with Crippen LogP contribution < -0.4 is 5.32 Å². The number of aliphatic hydroxyl groups is 1. The SMILES string of the molecule is Cc1cc2c(c(C)c1NC(=O)N1CCCCC1CO)c1ccccc1n2C(C)C. The Morgan fingerprint density at radius 2 is 1.97 bits per heavy atom. The summed E-state index contributed by atoms with van der Waals surface area (Å²) >= 11 is 0. The van der Waals surface area contributed by atoms with Crippen LogP contribution in [0.3, 0.4) is 0 Å². The van der Waals surface area contributed by atoms with Crippen molar-refractivity contribution in [3.05, 3.63) is 41.5 Å². The van der Waals surface area contributed by atoms with E-state index >= 15 is 0 Å². The van der Waals surface area contributed by atoms with Crippen LogP contribution in [0.15, 0.2) is 30.3 Å². The normalized spacial score (nSPS) is 17.4. The number of aliphatic hydroxyl groups excluding tert-OH is 1. The number of fused-ring (bicyclic) bond motifs is 3. The lowest BCUT2D eigenvalue weighted by molar-refractivity contribution is 0.115. The number of rotatable bonds is 3. The maximum absolute atomic E-state index is 13.1. The third kappa shape index (κ3) is 3.27. The Kier molecular flexibility index (Phi) is 5.26. The van der Waals surface area contributed by atoms with Crippen LogP contribution in [-0.2, 0) is 0 Å². The average Bonchev–Trinajstić information content (AvgIpc) is 3.05. The van der Waals surface area contributed by atoms with Gasteiger partial charge >= 0.3 is 6.03 Å². The highest BCUT2D eigenvalue weighted by molar-refractivity contribution is 6.12. The largest absolute Gasteiger partial charge is 0.394 e. The average molecular weight is 394 g/mol. The van der Waals surface area contributed by atoms with Crippen molar-refractivity contribution in [3.8, 4) is 0 Å². The van der Waals surface area contributed by atoms with E-state index in [4.69, 9.17) is 0 Å². The molecule has 1 unspecified atom stereocenters. The van der Waals surface area contributed by atoms with E-state index in [0.29, 0.717) is 12.6 Å². The highest BCUT2D eigenvalue weighted by atomic mass is 16.3. The van der Waals surface area contributed by atoms with Crippen molar-refractivity contribution in [2.75, 3.05) is 18.5 Å². The number of nitrogens with one attached hydrogen (secondary N) is 1. The molecule has 0 radical (unpaired) electrons. The summed E-state index contributed by atoms with van der Waals surface area (Å²) in [5.74, 6) is 0. The first-order valence-corrected chi connectivity index (χ1v) is 10.6. The van der Waals surface area contributed by atoms with Gasteiger partial charge in [-0.25, -0.2) is 4.79 Å². The van der Waals surface area contributed by atoms with Crippen molar-refractivity contribution < 1.29 is 9.90 Å². The zero-order chi connectivity index (χ0) is 20.7. The Hall–Kier alpha value is -2.53. The second kappa shape index (κ2) is 7.71. The predicted octanol–water partition coefficient (Wildman–Crippen LogP) is 5.37. The van der Waals surface area contributed by atoms with Crippen LogP contribution in [0.4, 0.5) is 10.5 Å². The number of hydrogen-bond acceptors (Lipinski definition) is 2. The van der Waals surface area contributed by atoms with E-state index in [1.54, 1.807) is 4.90 Å². The van der Waals surface area contributed by atoms with Crippen LogP contribution in [0.5, 0.6) is 0 Å². The molecule has 2 heterocycles. The van der Waals surface area contributed by atoms with E-state index in [0.717, 1.165) is 36.1 Å². The lowest BCUT2D eigenvalue weighted by Gasteiger charge is -2.34. The van der Waals surface area contributed by atoms with Gasteiger partial charge in [-0.3, -0.25) is 0 Å². The number of likely N-dealkylation sites (tertiary alicyclic amines) is 1. The third-order valence-corrected chi connectivity index (χ3v) is 6.29. The van der Waals surface area contributed by atoms with Gasteiger partial charge in [0.2, 0.25) is 0 Å². The van der Waals surface area contributed by atoms with Gasteiger partial charge in [0.05, 0.1) is 18.2 Å². The van der Waals surface area contributed by atoms with Gasteiger partial charge in [-0.05, 0) is 70.2 Å². The first kappa shape index (κ1) is 19.8. The van der Waals surface area contributed by atoms with E-state index in [1.165, 1.54) is 21.8 Å². The number of aromatic nitrogens is 1. The molecule has 2 aromatic carbocycles. The van der Waals surface area contributed by atoms with Gasteiger partial charge < -0.3 is 19.9 Å². The highest BCUT2D eigenvalue weighted by Gasteiger charge is 2.27. The number of carbonyl (C=O) groups is 1. The molecule has 2 amide bonds. The highest BCUT2D eigenvalue weighted by Crippen LogP contribution is 2.38. The molecule has 154 valence electrons. The summed E-state index contributed by atoms with van der Waals surface area (Å²) in [5, 5.41) is 15.3. The molecule has 5 nitrogen and oxygen atoms in total. The van der Waals surface area contributed by atoms with Crippen molar-refractivity contribution >= 4 is 33.5 Å². The number of hydrogen-bond donors (Lipinski definition) is 2. The molecule has 29 heavy (non-hydrogen) atoms. The fourth-order valence-electron chi connectivity index (χ4n) is 4.90. The minimum Gasteiger partial charge on any atom is -0.394 e. The predicted molar refractivity (Wildman–Crippen MR) is 120 cm³/mol. The topological polar surface area (TPSA) is 57.5 Å². The minimum atomic E-state index is -0.109. The van der Waals surface area contributed by atoms with E-state index in [9.17, 15) is 9.90 Å². The standard InChI is InChI=1S/C24H31N3O2/c1-15(2)27-20-11-6-5-10-19(20)22-17(4)23(16(3)13-21(22)27)25-24(29)26-12-8-7-9-18(26)14-28/h5-6,10-11,13,15,18,28H,7-9,12,14H2,1-4H3,(H,25,29). The van der Waals surface area contributed by atoms with Gasteiger partial charge in [-0.15, -0.1) is 0 Å². The summed E-state index contributed by atoms with van der Waals surface area (Å²) in [6.07, 6.45) is 2.92. The van der Waals surface area contributed by atoms with Crippen molar-refractivity contribution in [2.45, 2.75) is 59.0 Å². The van der Waals surface area contributed by atoms with Crippen LogP contribution in [0.1, 0.15) is 50.3 Å². The second-order valence-electron chi connectivity index (χ2n) is 8.52. The Morgan fingerprint density at radius 1 is 1.21 bits per heavy atom. The van der Waals surface area contributed by atoms with Crippen molar-refractivity contribution in [3.63, 3.8) is 0 Å². The minimum absolute atomic E-state index is 0.0201. The van der Waals surface area contributed by atoms with E-state index in [1.807, 2.05) is 0 Å². The number of carbonyl (C=O) groups excluding carboxylic acids is 1. The van der Waals surface area contributed by atoms with Crippen molar-refractivity contribution in [1.82, 2.24) is 9.47 Å². The van der Waals surface area contributed by atoms with Gasteiger partial charge in [0, 0.05) is 34.6 Å². The van der Waals surface area contributed by atoms with Crippen molar-refractivity contribution in [2.24, 2.45) is 0 Å². The van der Waals surface area contributed by atoms with Crippen LogP contribution in [0, 0.1) is 13.8 Å². The maximum atomic E-state index is 13.1. The molecule has 0 saturated carbocycles. The van der Waals surface area contributed by atoms with E-state index < -0.39 is 0 Å². The molecule has 0 bridgehead atoms. The first-order chi connectivity index (χ1) is 13.9. The Balaban J connectivity index is 1.82. The Bertz CT molecular complexity index is 1070. The van der Waals surface area contributed by atoms with Crippen LogP contribution in [0.2, 0.25) is 0 Å². The summed E-state index contributed by atoms with van der Waals surface area (Å²) < 4.78 is 2.38. The molecule has 2 N–H and O–H groups in total. The van der Waals surface area contributed by atoms with Gasteiger partial charge in [0.1, 0.15) is 0 Å². The quantitative estimate of drug-likeness (QED) is 0.628. The zero-order valence-electron chi connectivity index (χ0n) is 17.8. The number of urea groups is 1. The molecule has 5 heteroatoms. The van der Waals surface area contributed by atoms with Crippen molar-refractivity contribution in [1.29, 1.82) is 0 Å². The maximum Gasteiger partial charge on any atom is 0.322 e. The van der Waals surface area contributed by atoms with Gasteiger partial charge in [0.15, 0.2) is 0 Å². The van der Waals surface area contributed by atoms with Gasteiger partial charge in [0.25, 0.3) is 0 Å². The summed E-state index contributed by atoms with van der Waals surface area (Å²) in [4.78, 5) is 14.8. The molecule has 1 aliphatic rings. The number of nitrogens with zero attached hydrogens (tertiary/aromatic N) is 2. The zero-order valence-corrected chi connectivity index (χ0v) is 17.8. The molecule has 3 aromatic rings. The van der Waals surface area contributed by atoms with Crippen LogP contribution >= 0.6 is 0 Å². The molecular weight excluding hydrogens is 362 g/mol. The summed E-state index contributed by atoms with van der Waals surface area (Å²) in [5.41, 5.74) is 5.48. The first-order valence-electron chi connectivity index (χ1n) is 10.6. The van der Waals surface area contributed by atoms with Crippen LogP contribution in [-0.4, -0.2) is 39.8 Å². The van der Waals surface area contributed by atoms with Gasteiger partial charge in [-0.1, -0.05) is 18.2 Å². The number of para-hydroxylation sites is 1. The number of benzene rings is 2. The Labute approximate surface area is 172 Å². The smallest absolute Gasteiger partial charge is 0.322 e. The lowest BCUT2D eigenvalue weighted by Crippen LogP contribution is -2.47. The molecule has 1 atom stereocenters. The number of amides is 2. The molecule has 1 aliphatic heterocycles. The number of piperidine rings is 1. The lowest BCUT2D eigenvalue weighted by atomic mass is 10.0. The molecular formula is C24H31N3O2. The summed E-state index contributed by atoms with van der Waals surface area (Å²) in [6, 6.07) is 10.8. The molecule has 1 fully saturated rings. The summed E-state index contributed by atoms with van der Waals surface area (Å²) in [7, 11) is 0. The molecule has 0 spiro atoms. The van der Waals surface area contributed by atoms with E-state index in [2.05, 4.69) is 67.9 Å². The Morgan fingerprint density at radius 3 is 2.69 bits per heavy atom. The molecule has 1 saturated heterocycles. The number of anilines is 1. The number of aryl methyl sites for hydroxylation is 2. The molecule has 0 aliphatic carbocycles. The third-order valence-electron chi connectivity index (χ3n) is 6.29. The van der Waals surface area contributed by atoms with Gasteiger partial charge in [-0.2, -0.15) is 0 Å². The fraction of sp³-hybridized carbons (Fsp3) is 0.458. The molecule has 1 aromatic heterocycles. The molecule has 4 rings (SSSR count). The van der Waals surface area contributed by atoms with E-state index in [-0.39, 0.29) is 18.7 Å². The second-order valence-corrected chi connectivity index (χ2v) is 8.52. The monoisotopic (exact) mass is 393 g/mol.